The highest BCUT2D eigenvalue weighted by molar-refractivity contribution is 5.93. The summed E-state index contributed by atoms with van der Waals surface area (Å²) in [7, 11) is 1.83. The second-order valence-electron chi connectivity index (χ2n) is 4.61. The predicted octanol–water partition coefficient (Wildman–Crippen LogP) is 1.53. The molecule has 1 heterocycles. The highest BCUT2D eigenvalue weighted by atomic mass is 16.1. The zero-order chi connectivity index (χ0) is 11.5. The van der Waals surface area contributed by atoms with Crippen LogP contribution in [-0.2, 0) is 7.05 Å². The number of carbonyl (C=O) groups is 1. The van der Waals surface area contributed by atoms with Crippen LogP contribution < -0.4 is 11.1 Å². The first-order chi connectivity index (χ1) is 7.66. The van der Waals surface area contributed by atoms with Gasteiger partial charge < -0.3 is 15.6 Å². The van der Waals surface area contributed by atoms with Gasteiger partial charge in [0, 0.05) is 19.8 Å². The Hall–Kier alpha value is -1.45. The van der Waals surface area contributed by atoms with Gasteiger partial charge in [-0.25, -0.2) is 0 Å². The number of rotatable bonds is 5. The molecule has 0 atom stereocenters. The quantitative estimate of drug-likeness (QED) is 0.741. The van der Waals surface area contributed by atoms with Crippen LogP contribution in [0, 0.1) is 5.92 Å². The molecule has 1 fully saturated rings. The van der Waals surface area contributed by atoms with Gasteiger partial charge in [-0.1, -0.05) is 12.8 Å². The maximum atomic E-state index is 11.8. The van der Waals surface area contributed by atoms with Crippen molar-refractivity contribution in [1.82, 2.24) is 9.88 Å². The molecule has 1 saturated carbocycles. The van der Waals surface area contributed by atoms with Crippen molar-refractivity contribution >= 4 is 11.6 Å². The molecule has 1 aromatic rings. The number of anilines is 1. The van der Waals surface area contributed by atoms with Crippen LogP contribution in [-0.4, -0.2) is 17.0 Å². The number of nitrogen functional groups attached to an aromatic ring is 1. The number of aryl methyl sites for hydroxylation is 1. The van der Waals surface area contributed by atoms with Crippen molar-refractivity contribution in [3.8, 4) is 0 Å². The lowest BCUT2D eigenvalue weighted by Crippen LogP contribution is -2.26. The van der Waals surface area contributed by atoms with E-state index in [-0.39, 0.29) is 5.91 Å². The lowest BCUT2D eigenvalue weighted by atomic mass is 10.2. The summed E-state index contributed by atoms with van der Waals surface area (Å²) in [5.74, 6) is 0.901. The van der Waals surface area contributed by atoms with Crippen LogP contribution in [0.15, 0.2) is 12.3 Å². The summed E-state index contributed by atoms with van der Waals surface area (Å²) in [4.78, 5) is 11.8. The summed E-state index contributed by atoms with van der Waals surface area (Å²) in [5, 5.41) is 2.92. The Labute approximate surface area is 95.8 Å². The first kappa shape index (κ1) is 11.0. The van der Waals surface area contributed by atoms with E-state index in [0.717, 1.165) is 18.9 Å². The monoisotopic (exact) mass is 221 g/mol. The third-order valence-corrected chi connectivity index (χ3v) is 3.03. The van der Waals surface area contributed by atoms with Crippen molar-refractivity contribution in [2.45, 2.75) is 25.7 Å². The maximum Gasteiger partial charge on any atom is 0.267 e. The maximum absolute atomic E-state index is 11.8. The van der Waals surface area contributed by atoms with Crippen molar-refractivity contribution in [2.24, 2.45) is 13.0 Å². The first-order valence-corrected chi connectivity index (χ1v) is 5.87. The van der Waals surface area contributed by atoms with Crippen LogP contribution in [0.5, 0.6) is 0 Å². The van der Waals surface area contributed by atoms with Gasteiger partial charge in [-0.05, 0) is 24.8 Å². The largest absolute Gasteiger partial charge is 0.397 e. The van der Waals surface area contributed by atoms with Crippen LogP contribution in [0.3, 0.4) is 0 Å². The third kappa shape index (κ3) is 2.78. The average Bonchev–Trinajstić information content (AvgIpc) is 2.98. The SMILES string of the molecule is Cn1cc(N)cc1C(=O)NCCCC1CC1. The fourth-order valence-electron chi connectivity index (χ4n) is 1.91. The number of aromatic nitrogens is 1. The van der Waals surface area contributed by atoms with E-state index < -0.39 is 0 Å². The van der Waals surface area contributed by atoms with E-state index in [1.165, 1.54) is 19.3 Å². The molecule has 1 aromatic heterocycles. The third-order valence-electron chi connectivity index (χ3n) is 3.03. The normalized spacial score (nSPS) is 15.1. The van der Waals surface area contributed by atoms with Crippen LogP contribution in [0.2, 0.25) is 0 Å². The van der Waals surface area contributed by atoms with E-state index in [2.05, 4.69) is 5.32 Å². The number of nitrogens with one attached hydrogen (secondary N) is 1. The molecule has 4 heteroatoms. The van der Waals surface area contributed by atoms with Gasteiger partial charge in [0.15, 0.2) is 0 Å². The molecule has 1 aliphatic carbocycles. The Morgan fingerprint density at radius 1 is 1.62 bits per heavy atom. The fourth-order valence-corrected chi connectivity index (χ4v) is 1.91. The van der Waals surface area contributed by atoms with Crippen molar-refractivity contribution in [2.75, 3.05) is 12.3 Å². The summed E-state index contributed by atoms with van der Waals surface area (Å²) in [6.07, 6.45) is 6.83. The molecule has 4 nitrogen and oxygen atoms in total. The predicted molar refractivity (Wildman–Crippen MR) is 64.1 cm³/mol. The molecule has 0 aromatic carbocycles. The minimum absolute atomic E-state index is 0.0324. The van der Waals surface area contributed by atoms with Gasteiger partial charge in [-0.2, -0.15) is 0 Å². The van der Waals surface area contributed by atoms with Gasteiger partial charge in [-0.3, -0.25) is 4.79 Å². The minimum atomic E-state index is -0.0324. The Morgan fingerprint density at radius 2 is 2.38 bits per heavy atom. The molecular weight excluding hydrogens is 202 g/mol. The molecular formula is C12H19N3O. The highest BCUT2D eigenvalue weighted by Gasteiger charge is 2.20. The van der Waals surface area contributed by atoms with Gasteiger partial charge >= 0.3 is 0 Å². The van der Waals surface area contributed by atoms with E-state index >= 15 is 0 Å². The van der Waals surface area contributed by atoms with Crippen molar-refractivity contribution in [3.63, 3.8) is 0 Å². The summed E-state index contributed by atoms with van der Waals surface area (Å²) < 4.78 is 1.76. The Morgan fingerprint density at radius 3 is 2.94 bits per heavy atom. The first-order valence-electron chi connectivity index (χ1n) is 5.87. The molecule has 3 N–H and O–H groups in total. The Bertz CT molecular complexity index is 380. The van der Waals surface area contributed by atoms with Crippen LogP contribution in [0.25, 0.3) is 0 Å². The number of hydrogen-bond donors (Lipinski definition) is 2. The molecule has 16 heavy (non-hydrogen) atoms. The minimum Gasteiger partial charge on any atom is -0.397 e. The van der Waals surface area contributed by atoms with Crippen LogP contribution in [0.4, 0.5) is 5.69 Å². The zero-order valence-electron chi connectivity index (χ0n) is 9.70. The van der Waals surface area contributed by atoms with Gasteiger partial charge in [-0.15, -0.1) is 0 Å². The zero-order valence-corrected chi connectivity index (χ0v) is 9.70. The number of hydrogen-bond acceptors (Lipinski definition) is 2. The molecule has 0 radical (unpaired) electrons. The fraction of sp³-hybridized carbons (Fsp3) is 0.583. The summed E-state index contributed by atoms with van der Waals surface area (Å²) in [6.45, 7) is 0.764. The molecule has 88 valence electrons. The Kier molecular flexibility index (Phi) is 3.17. The molecule has 2 rings (SSSR count). The second kappa shape index (κ2) is 4.60. The van der Waals surface area contributed by atoms with Gasteiger partial charge in [0.2, 0.25) is 0 Å². The number of nitrogens with zero attached hydrogens (tertiary/aromatic N) is 1. The molecule has 0 saturated heterocycles. The van der Waals surface area contributed by atoms with Gasteiger partial charge in [0.1, 0.15) is 5.69 Å². The van der Waals surface area contributed by atoms with Gasteiger partial charge in [0.25, 0.3) is 5.91 Å². The van der Waals surface area contributed by atoms with Crippen molar-refractivity contribution < 1.29 is 4.79 Å². The topological polar surface area (TPSA) is 60.0 Å². The van der Waals surface area contributed by atoms with E-state index in [4.69, 9.17) is 5.73 Å². The molecule has 1 aliphatic rings. The molecule has 1 amide bonds. The molecule has 0 spiro atoms. The second-order valence-corrected chi connectivity index (χ2v) is 4.61. The highest BCUT2D eigenvalue weighted by Crippen LogP contribution is 2.33. The van der Waals surface area contributed by atoms with E-state index in [9.17, 15) is 4.79 Å². The number of nitrogens with two attached hydrogens (primary N) is 1. The smallest absolute Gasteiger partial charge is 0.267 e. The van der Waals surface area contributed by atoms with Crippen LogP contribution >= 0.6 is 0 Å². The lowest BCUT2D eigenvalue weighted by Gasteiger charge is -2.05. The van der Waals surface area contributed by atoms with E-state index in [1.54, 1.807) is 16.8 Å². The standard InChI is InChI=1S/C12H19N3O/c1-15-8-10(13)7-11(15)12(16)14-6-2-3-9-4-5-9/h7-9H,2-6,13H2,1H3,(H,14,16). The summed E-state index contributed by atoms with van der Waals surface area (Å²) in [6, 6.07) is 1.70. The average molecular weight is 221 g/mol. The van der Waals surface area contributed by atoms with Gasteiger partial charge in [0.05, 0.1) is 5.69 Å². The Balaban J connectivity index is 1.75. The van der Waals surface area contributed by atoms with Crippen molar-refractivity contribution in [1.29, 1.82) is 0 Å². The molecule has 0 aliphatic heterocycles. The molecule has 0 unspecified atom stereocenters. The number of carbonyl (C=O) groups excluding carboxylic acids is 1. The summed E-state index contributed by atoms with van der Waals surface area (Å²) >= 11 is 0. The summed E-state index contributed by atoms with van der Waals surface area (Å²) in [5.41, 5.74) is 6.88. The van der Waals surface area contributed by atoms with Crippen molar-refractivity contribution in [3.05, 3.63) is 18.0 Å². The lowest BCUT2D eigenvalue weighted by molar-refractivity contribution is 0.0944. The van der Waals surface area contributed by atoms with E-state index in [0.29, 0.717) is 11.4 Å². The number of amides is 1. The van der Waals surface area contributed by atoms with Crippen LogP contribution in [0.1, 0.15) is 36.2 Å². The van der Waals surface area contributed by atoms with E-state index in [1.807, 2.05) is 7.05 Å². The molecule has 0 bridgehead atoms.